The summed E-state index contributed by atoms with van der Waals surface area (Å²) in [4.78, 5) is 24.6. The van der Waals surface area contributed by atoms with Gasteiger partial charge in [-0.15, -0.1) is 0 Å². The number of hydrogen-bond acceptors (Lipinski definition) is 4. The van der Waals surface area contributed by atoms with E-state index in [-0.39, 0.29) is 12.4 Å². The number of nitriles is 1. The lowest BCUT2D eigenvalue weighted by molar-refractivity contribution is 0.0830. The predicted molar refractivity (Wildman–Crippen MR) is 70.1 cm³/mol. The summed E-state index contributed by atoms with van der Waals surface area (Å²) in [6.07, 6.45) is 0. The van der Waals surface area contributed by atoms with E-state index in [0.29, 0.717) is 6.61 Å². The molecule has 0 aliphatic rings. The van der Waals surface area contributed by atoms with Crippen molar-refractivity contribution in [3.05, 3.63) is 32.6 Å². The van der Waals surface area contributed by atoms with Crippen molar-refractivity contribution in [1.29, 1.82) is 5.26 Å². The average molecular weight is 267 g/mol. The van der Waals surface area contributed by atoms with Crippen LogP contribution in [-0.2, 0) is 11.5 Å². The van der Waals surface area contributed by atoms with Crippen LogP contribution in [0.15, 0.2) is 15.7 Å². The van der Waals surface area contributed by atoms with Crippen LogP contribution in [0.3, 0.4) is 0 Å². The molecule has 0 saturated carbocycles. The van der Waals surface area contributed by atoms with E-state index in [9.17, 15) is 9.59 Å². The highest BCUT2D eigenvalue weighted by Gasteiger charge is 2.12. The topological polar surface area (TPSA) is 87.9 Å². The molecular weight excluding hydrogens is 250 g/mol. The Balaban J connectivity index is 2.72. The Kier molecular flexibility index (Phi) is 4.64. The largest absolute Gasteiger partial charge is 0.361 e. The summed E-state index contributed by atoms with van der Waals surface area (Å²) >= 11 is 0. The Morgan fingerprint density at radius 2 is 2.11 bits per heavy atom. The highest BCUT2D eigenvalue weighted by atomic mass is 28.3. The number of H-pyrrole nitrogens is 1. The Labute approximate surface area is 106 Å². The molecule has 0 aliphatic heterocycles. The first-order valence-corrected chi connectivity index (χ1v) is 9.36. The summed E-state index contributed by atoms with van der Waals surface area (Å²) in [6.45, 7) is 7.21. The molecule has 0 amide bonds. The molecule has 1 aromatic rings. The predicted octanol–water partition coefficient (Wildman–Crippen LogP) is 0.721. The monoisotopic (exact) mass is 267 g/mol. The van der Waals surface area contributed by atoms with Crippen molar-refractivity contribution in [3.8, 4) is 6.07 Å². The van der Waals surface area contributed by atoms with Gasteiger partial charge in [0.2, 0.25) is 0 Å². The summed E-state index contributed by atoms with van der Waals surface area (Å²) < 4.78 is 6.50. The van der Waals surface area contributed by atoms with Gasteiger partial charge in [-0.05, 0) is 6.04 Å². The zero-order valence-corrected chi connectivity index (χ0v) is 11.8. The van der Waals surface area contributed by atoms with Gasteiger partial charge in [0, 0.05) is 20.7 Å². The molecule has 0 fully saturated rings. The Morgan fingerprint density at radius 3 is 2.67 bits per heavy atom. The molecule has 0 bridgehead atoms. The van der Waals surface area contributed by atoms with Gasteiger partial charge < -0.3 is 4.74 Å². The van der Waals surface area contributed by atoms with E-state index in [4.69, 9.17) is 10.00 Å². The summed E-state index contributed by atoms with van der Waals surface area (Å²) in [5, 5.41) is 8.84. The minimum Gasteiger partial charge on any atom is -0.361 e. The summed E-state index contributed by atoms with van der Waals surface area (Å²) in [5.74, 6) is 0. The molecular formula is C11H17N3O3Si. The fourth-order valence-corrected chi connectivity index (χ4v) is 2.03. The number of aromatic amines is 1. The van der Waals surface area contributed by atoms with Gasteiger partial charge >= 0.3 is 5.69 Å². The van der Waals surface area contributed by atoms with E-state index in [1.807, 2.05) is 0 Å². The molecule has 6 nitrogen and oxygen atoms in total. The van der Waals surface area contributed by atoms with Crippen molar-refractivity contribution in [1.82, 2.24) is 9.55 Å². The van der Waals surface area contributed by atoms with Gasteiger partial charge in [-0.3, -0.25) is 14.3 Å². The van der Waals surface area contributed by atoms with Crippen molar-refractivity contribution in [2.24, 2.45) is 0 Å². The van der Waals surface area contributed by atoms with Gasteiger partial charge in [0.15, 0.2) is 0 Å². The molecule has 0 radical (unpaired) electrons. The standard InChI is InChI=1S/C11H17N3O3Si/c1-18(2,3)5-4-17-8-14-9(7-12)6-10(15)13-11(14)16/h6H,4-5,8H2,1-3H3,(H,13,15,16). The van der Waals surface area contributed by atoms with Crippen molar-refractivity contribution in [3.63, 3.8) is 0 Å². The molecule has 0 atom stereocenters. The smallest absolute Gasteiger partial charge is 0.331 e. The van der Waals surface area contributed by atoms with E-state index >= 15 is 0 Å². The first-order valence-electron chi connectivity index (χ1n) is 5.65. The van der Waals surface area contributed by atoms with E-state index in [1.165, 1.54) is 0 Å². The van der Waals surface area contributed by atoms with Gasteiger partial charge in [0.05, 0.1) is 0 Å². The SMILES string of the molecule is C[Si](C)(C)CCOCn1c(C#N)cc(=O)[nH]c1=O. The van der Waals surface area contributed by atoms with E-state index in [2.05, 4.69) is 24.6 Å². The molecule has 0 spiro atoms. The van der Waals surface area contributed by atoms with Gasteiger partial charge in [-0.25, -0.2) is 4.79 Å². The third-order valence-corrected chi connectivity index (χ3v) is 4.07. The summed E-state index contributed by atoms with van der Waals surface area (Å²) in [7, 11) is -1.18. The second-order valence-corrected chi connectivity index (χ2v) is 10.8. The van der Waals surface area contributed by atoms with E-state index in [1.54, 1.807) is 6.07 Å². The normalized spacial score (nSPS) is 11.2. The molecule has 7 heteroatoms. The average Bonchev–Trinajstić information content (AvgIpc) is 2.24. The molecule has 0 aliphatic carbocycles. The number of aromatic nitrogens is 2. The van der Waals surface area contributed by atoms with Crippen LogP contribution in [0.2, 0.25) is 25.7 Å². The molecule has 0 unspecified atom stereocenters. The molecule has 1 rings (SSSR count). The molecule has 18 heavy (non-hydrogen) atoms. The fraction of sp³-hybridized carbons (Fsp3) is 0.545. The second-order valence-electron chi connectivity index (χ2n) is 5.21. The molecule has 98 valence electrons. The third kappa shape index (κ3) is 4.31. The van der Waals surface area contributed by atoms with Crippen LogP contribution in [0.4, 0.5) is 0 Å². The fourth-order valence-electron chi connectivity index (χ4n) is 1.28. The van der Waals surface area contributed by atoms with Crippen LogP contribution in [-0.4, -0.2) is 24.2 Å². The zero-order valence-electron chi connectivity index (χ0n) is 10.8. The first-order chi connectivity index (χ1) is 8.33. The Hall–Kier alpha value is -1.65. The van der Waals surface area contributed by atoms with Crippen molar-refractivity contribution in [2.75, 3.05) is 6.61 Å². The van der Waals surface area contributed by atoms with E-state index < -0.39 is 19.3 Å². The quantitative estimate of drug-likeness (QED) is 0.629. The number of hydrogen-bond donors (Lipinski definition) is 1. The lowest BCUT2D eigenvalue weighted by atomic mass is 10.4. The Bertz CT molecular complexity index is 563. The minimum atomic E-state index is -1.18. The molecule has 0 saturated heterocycles. The van der Waals surface area contributed by atoms with Crippen LogP contribution >= 0.6 is 0 Å². The maximum atomic E-state index is 11.5. The zero-order chi connectivity index (χ0) is 13.8. The van der Waals surface area contributed by atoms with Crippen molar-refractivity contribution >= 4 is 8.07 Å². The minimum absolute atomic E-state index is 0.0109. The molecule has 1 aromatic heterocycles. The van der Waals surface area contributed by atoms with Gasteiger partial charge in [-0.2, -0.15) is 5.26 Å². The van der Waals surface area contributed by atoms with Crippen molar-refractivity contribution < 1.29 is 4.74 Å². The lowest BCUT2D eigenvalue weighted by Gasteiger charge is -2.15. The highest BCUT2D eigenvalue weighted by molar-refractivity contribution is 6.76. The first kappa shape index (κ1) is 14.4. The van der Waals surface area contributed by atoms with E-state index in [0.717, 1.165) is 16.7 Å². The van der Waals surface area contributed by atoms with Crippen LogP contribution < -0.4 is 11.2 Å². The third-order valence-electron chi connectivity index (χ3n) is 2.37. The van der Waals surface area contributed by atoms with Gasteiger partial charge in [0.1, 0.15) is 18.5 Å². The van der Waals surface area contributed by atoms with Gasteiger partial charge in [-0.1, -0.05) is 19.6 Å². The summed E-state index contributed by atoms with van der Waals surface area (Å²) in [5.41, 5.74) is -1.18. The van der Waals surface area contributed by atoms with Crippen molar-refractivity contribution in [2.45, 2.75) is 32.4 Å². The molecule has 1 heterocycles. The lowest BCUT2D eigenvalue weighted by Crippen LogP contribution is -2.32. The maximum absolute atomic E-state index is 11.5. The highest BCUT2D eigenvalue weighted by Crippen LogP contribution is 2.07. The van der Waals surface area contributed by atoms with Crippen LogP contribution in [0, 0.1) is 11.3 Å². The summed E-state index contributed by atoms with van der Waals surface area (Å²) in [6, 6.07) is 3.87. The number of nitrogens with one attached hydrogen (secondary N) is 1. The second kappa shape index (κ2) is 5.80. The Morgan fingerprint density at radius 1 is 1.44 bits per heavy atom. The number of rotatable bonds is 5. The molecule has 0 aromatic carbocycles. The maximum Gasteiger partial charge on any atom is 0.331 e. The van der Waals surface area contributed by atoms with Crippen LogP contribution in [0.5, 0.6) is 0 Å². The number of nitrogens with zero attached hydrogens (tertiary/aromatic N) is 2. The van der Waals surface area contributed by atoms with Gasteiger partial charge in [0.25, 0.3) is 5.56 Å². The number of ether oxygens (including phenoxy) is 1. The van der Waals surface area contributed by atoms with Crippen LogP contribution in [0.1, 0.15) is 5.69 Å². The van der Waals surface area contributed by atoms with Crippen LogP contribution in [0.25, 0.3) is 0 Å². The molecule has 1 N–H and O–H groups in total.